The van der Waals surface area contributed by atoms with Crippen LogP contribution in [0.3, 0.4) is 0 Å². The molecule has 160 valence electrons. The number of aryl methyl sites for hydroxylation is 1. The molecule has 0 aliphatic carbocycles. The van der Waals surface area contributed by atoms with Crippen LogP contribution in [0.25, 0.3) is 12.2 Å². The summed E-state index contributed by atoms with van der Waals surface area (Å²) in [4.78, 5) is 25.1. The maximum atomic E-state index is 13.2. The minimum absolute atomic E-state index is 0.0768. The molecule has 0 atom stereocenters. The molecule has 2 aromatic heterocycles. The van der Waals surface area contributed by atoms with Gasteiger partial charge < -0.3 is 10.2 Å². The van der Waals surface area contributed by atoms with Crippen LogP contribution in [0.4, 0.5) is 17.1 Å². The summed E-state index contributed by atoms with van der Waals surface area (Å²) in [6.45, 7) is 14.3. The zero-order chi connectivity index (χ0) is 22.3. The fourth-order valence-corrected chi connectivity index (χ4v) is 3.71. The lowest BCUT2D eigenvalue weighted by Crippen LogP contribution is -2.25. The van der Waals surface area contributed by atoms with Gasteiger partial charge in [0.15, 0.2) is 5.65 Å². The predicted octanol–water partition coefficient (Wildman–Crippen LogP) is 3.05. The van der Waals surface area contributed by atoms with E-state index >= 15 is 0 Å². The molecule has 0 aliphatic rings. The number of hydrogen-bond donors (Lipinski definition) is 2. The van der Waals surface area contributed by atoms with Crippen molar-refractivity contribution in [1.82, 2.24) is 14.6 Å². The summed E-state index contributed by atoms with van der Waals surface area (Å²) < 4.78 is 1.48. The molecule has 0 radical (unpaired) electrons. The molecule has 0 saturated heterocycles. The van der Waals surface area contributed by atoms with Crippen molar-refractivity contribution in [3.05, 3.63) is 50.0 Å². The summed E-state index contributed by atoms with van der Waals surface area (Å²) in [5.74, 6) is 0.207. The molecule has 0 amide bonds. The van der Waals surface area contributed by atoms with E-state index in [1.807, 2.05) is 41.9 Å². The Morgan fingerprint density at radius 1 is 1.20 bits per heavy atom. The van der Waals surface area contributed by atoms with Crippen molar-refractivity contribution < 1.29 is 0 Å². The van der Waals surface area contributed by atoms with Crippen molar-refractivity contribution in [3.63, 3.8) is 0 Å². The first kappa shape index (κ1) is 21.6. The van der Waals surface area contributed by atoms with Crippen LogP contribution in [0.15, 0.2) is 21.9 Å². The van der Waals surface area contributed by atoms with Crippen LogP contribution in [0.1, 0.15) is 56.4 Å². The van der Waals surface area contributed by atoms with Gasteiger partial charge in [-0.15, -0.1) is 0 Å². The number of fused-ring (bicyclic) bond motifs is 1. The summed E-state index contributed by atoms with van der Waals surface area (Å²) >= 11 is 0. The van der Waals surface area contributed by atoms with Gasteiger partial charge >= 0.3 is 0 Å². The normalized spacial score (nSPS) is 12.4. The van der Waals surface area contributed by atoms with E-state index in [2.05, 4.69) is 47.9 Å². The summed E-state index contributed by atoms with van der Waals surface area (Å²) in [6, 6.07) is 4.15. The third-order valence-corrected chi connectivity index (χ3v) is 5.31. The number of nitrogens with one attached hydrogen (secondary N) is 2. The highest BCUT2D eigenvalue weighted by molar-refractivity contribution is 5.75. The Kier molecular flexibility index (Phi) is 5.74. The second-order valence-corrected chi connectivity index (χ2v) is 8.54. The number of aromatic amines is 1. The number of benzene rings is 1. The molecule has 0 unspecified atom stereocenters. The molecule has 0 bridgehead atoms. The fraction of sp³-hybridized carbons (Fsp3) is 0.435. The second kappa shape index (κ2) is 7.97. The number of aromatic nitrogens is 3. The average molecular weight is 409 g/mol. The topological polar surface area (TPSA) is 77.8 Å². The van der Waals surface area contributed by atoms with Crippen LogP contribution in [-0.2, 0) is 0 Å². The number of hydrogen-bond acceptors (Lipinski definition) is 5. The van der Waals surface area contributed by atoms with Crippen LogP contribution in [0.5, 0.6) is 0 Å². The van der Waals surface area contributed by atoms with Crippen LogP contribution in [-0.4, -0.2) is 35.7 Å². The zero-order valence-corrected chi connectivity index (χ0v) is 19.2. The van der Waals surface area contributed by atoms with E-state index in [1.54, 1.807) is 0 Å². The molecular formula is C23H32N6O. The quantitative estimate of drug-likeness (QED) is 0.680. The molecule has 7 heteroatoms. The smallest absolute Gasteiger partial charge is 0.276 e. The summed E-state index contributed by atoms with van der Waals surface area (Å²) in [7, 11) is 5.89. The second-order valence-electron chi connectivity index (χ2n) is 8.54. The summed E-state index contributed by atoms with van der Waals surface area (Å²) in [5.41, 5.74) is 5.80. The van der Waals surface area contributed by atoms with Crippen molar-refractivity contribution >= 4 is 29.3 Å². The highest BCUT2D eigenvalue weighted by Gasteiger charge is 2.20. The molecule has 2 N–H and O–H groups in total. The Morgan fingerprint density at radius 3 is 2.40 bits per heavy atom. The first-order chi connectivity index (χ1) is 14.1. The largest absolute Gasteiger partial charge is 0.386 e. The maximum Gasteiger partial charge on any atom is 0.276 e. The molecule has 30 heavy (non-hydrogen) atoms. The SMILES string of the molecule is C=c1[nH]n2c(=O)c(C(C)C)c(C(C)C)nc2c1=Nc1c(C)cc(N(C)C)cc1NC. The first-order valence-corrected chi connectivity index (χ1v) is 10.3. The summed E-state index contributed by atoms with van der Waals surface area (Å²) in [6.07, 6.45) is 0. The van der Waals surface area contributed by atoms with Crippen molar-refractivity contribution in [2.45, 2.75) is 46.5 Å². The molecule has 0 fully saturated rings. The van der Waals surface area contributed by atoms with Crippen LogP contribution in [0.2, 0.25) is 0 Å². The van der Waals surface area contributed by atoms with Crippen molar-refractivity contribution in [1.29, 1.82) is 0 Å². The highest BCUT2D eigenvalue weighted by atomic mass is 16.1. The van der Waals surface area contributed by atoms with E-state index < -0.39 is 0 Å². The molecule has 2 heterocycles. The Balaban J connectivity index is 2.41. The van der Waals surface area contributed by atoms with Crippen LogP contribution in [0, 0.1) is 6.92 Å². The van der Waals surface area contributed by atoms with Gasteiger partial charge in [0, 0.05) is 32.4 Å². The van der Waals surface area contributed by atoms with E-state index in [0.29, 0.717) is 16.4 Å². The molecule has 0 saturated carbocycles. The third-order valence-electron chi connectivity index (χ3n) is 5.31. The van der Waals surface area contributed by atoms with Crippen molar-refractivity contribution in [2.24, 2.45) is 4.99 Å². The molecular weight excluding hydrogens is 376 g/mol. The molecule has 0 spiro atoms. The van der Waals surface area contributed by atoms with E-state index in [1.165, 1.54) is 4.52 Å². The molecule has 3 aromatic rings. The average Bonchev–Trinajstić information content (AvgIpc) is 2.98. The minimum Gasteiger partial charge on any atom is -0.386 e. The molecule has 7 nitrogen and oxygen atoms in total. The standard InChI is InChI=1S/C23H32N6O/c1-12(2)18-19(13(3)4)26-22-21(15(6)27-29(22)23(18)30)25-20-14(5)10-16(28(8)9)11-17(20)24-7/h10-13,24,27H,6H2,1-5,7-9H3. The number of nitrogens with zero attached hydrogens (tertiary/aromatic N) is 4. The first-order valence-electron chi connectivity index (χ1n) is 10.3. The van der Waals surface area contributed by atoms with Gasteiger partial charge in [0.25, 0.3) is 5.56 Å². The Morgan fingerprint density at radius 2 is 1.87 bits per heavy atom. The lowest BCUT2D eigenvalue weighted by Gasteiger charge is -2.17. The van der Waals surface area contributed by atoms with Gasteiger partial charge in [0.05, 0.1) is 22.4 Å². The Labute approximate surface area is 177 Å². The van der Waals surface area contributed by atoms with Gasteiger partial charge in [-0.1, -0.05) is 34.3 Å². The number of rotatable bonds is 5. The van der Waals surface area contributed by atoms with Gasteiger partial charge in [-0.3, -0.25) is 9.89 Å². The minimum atomic E-state index is -0.0847. The fourth-order valence-electron chi connectivity index (χ4n) is 3.71. The van der Waals surface area contributed by atoms with E-state index in [0.717, 1.165) is 33.9 Å². The molecule has 1 aromatic carbocycles. The lowest BCUT2D eigenvalue weighted by atomic mass is 9.96. The highest BCUT2D eigenvalue weighted by Crippen LogP contribution is 2.33. The van der Waals surface area contributed by atoms with Gasteiger partial charge in [-0.2, -0.15) is 4.52 Å². The lowest BCUT2D eigenvalue weighted by molar-refractivity contribution is 0.720. The monoisotopic (exact) mass is 408 g/mol. The molecule has 0 aliphatic heterocycles. The van der Waals surface area contributed by atoms with E-state index in [-0.39, 0.29) is 17.4 Å². The van der Waals surface area contributed by atoms with Crippen molar-refractivity contribution in [2.75, 3.05) is 31.4 Å². The zero-order valence-electron chi connectivity index (χ0n) is 19.2. The van der Waals surface area contributed by atoms with Gasteiger partial charge in [0.2, 0.25) is 0 Å². The maximum absolute atomic E-state index is 13.2. The van der Waals surface area contributed by atoms with Crippen LogP contribution >= 0.6 is 0 Å². The van der Waals surface area contributed by atoms with Gasteiger partial charge in [-0.05, 0) is 36.5 Å². The van der Waals surface area contributed by atoms with E-state index in [9.17, 15) is 4.79 Å². The third kappa shape index (κ3) is 3.60. The predicted molar refractivity (Wildman–Crippen MR) is 125 cm³/mol. The molecule has 3 rings (SSSR count). The van der Waals surface area contributed by atoms with Gasteiger partial charge in [-0.25, -0.2) is 9.98 Å². The Hall–Kier alpha value is -3.09. The number of anilines is 2. The number of H-pyrrole nitrogens is 1. The van der Waals surface area contributed by atoms with E-state index in [4.69, 9.17) is 9.98 Å². The summed E-state index contributed by atoms with van der Waals surface area (Å²) in [5, 5.41) is 7.46. The van der Waals surface area contributed by atoms with Gasteiger partial charge in [0.1, 0.15) is 5.36 Å². The van der Waals surface area contributed by atoms with Crippen molar-refractivity contribution in [3.8, 4) is 0 Å². The Bertz CT molecular complexity index is 1260. The van der Waals surface area contributed by atoms with Crippen LogP contribution < -0.4 is 26.5 Å².